The molecule has 0 amide bonds. The van der Waals surface area contributed by atoms with Crippen molar-refractivity contribution >= 4 is 34.9 Å². The first-order valence-electron chi connectivity index (χ1n) is 6.53. The molecule has 1 aromatic heterocycles. The Kier molecular flexibility index (Phi) is 3.40. The van der Waals surface area contributed by atoms with E-state index < -0.39 is 0 Å². The van der Waals surface area contributed by atoms with E-state index in [2.05, 4.69) is 35.5 Å². The van der Waals surface area contributed by atoms with Crippen molar-refractivity contribution in [1.29, 1.82) is 0 Å². The molecule has 0 aliphatic heterocycles. The predicted octanol–water partition coefficient (Wildman–Crippen LogP) is 5.27. The number of H-pyrrole nitrogens is 1. The van der Waals surface area contributed by atoms with Gasteiger partial charge in [-0.15, -0.1) is 0 Å². The lowest BCUT2D eigenvalue weighted by Crippen LogP contribution is -2.07. The molecule has 0 spiro atoms. The van der Waals surface area contributed by atoms with Crippen LogP contribution in [0.1, 0.15) is 24.1 Å². The number of para-hydroxylation sites is 1. The molecule has 3 rings (SSSR count). The van der Waals surface area contributed by atoms with Crippen LogP contribution in [-0.2, 0) is 0 Å². The van der Waals surface area contributed by atoms with Crippen molar-refractivity contribution in [1.82, 2.24) is 9.55 Å². The molecule has 2 nitrogen and oxygen atoms in total. The fraction of sp³-hybridized carbons (Fsp3) is 0.188. The number of nitrogens with zero attached hydrogens (tertiary/aromatic N) is 1. The van der Waals surface area contributed by atoms with Gasteiger partial charge in [0.25, 0.3) is 0 Å². The van der Waals surface area contributed by atoms with Crippen molar-refractivity contribution in [2.24, 2.45) is 0 Å². The molecule has 0 aliphatic rings. The molecular formula is C16H15ClN2S. The zero-order valence-electron chi connectivity index (χ0n) is 11.4. The minimum absolute atomic E-state index is 0.162. The molecule has 0 radical (unpaired) electrons. The maximum Gasteiger partial charge on any atom is 0.178 e. The van der Waals surface area contributed by atoms with Crippen LogP contribution in [0.2, 0.25) is 5.02 Å². The highest BCUT2D eigenvalue weighted by molar-refractivity contribution is 7.71. The maximum absolute atomic E-state index is 5.96. The molecule has 0 saturated heterocycles. The molecule has 1 unspecified atom stereocenters. The quantitative estimate of drug-likeness (QED) is 0.640. The van der Waals surface area contributed by atoms with Gasteiger partial charge in [0, 0.05) is 5.02 Å². The number of imidazole rings is 1. The van der Waals surface area contributed by atoms with Gasteiger partial charge in [0.1, 0.15) is 0 Å². The van der Waals surface area contributed by atoms with E-state index in [1.807, 2.05) is 30.3 Å². The maximum atomic E-state index is 5.96. The molecule has 102 valence electrons. The van der Waals surface area contributed by atoms with Crippen LogP contribution in [0, 0.1) is 11.7 Å². The zero-order chi connectivity index (χ0) is 14.3. The summed E-state index contributed by atoms with van der Waals surface area (Å²) < 4.78 is 2.92. The van der Waals surface area contributed by atoms with Gasteiger partial charge >= 0.3 is 0 Å². The van der Waals surface area contributed by atoms with Gasteiger partial charge in [-0.2, -0.15) is 0 Å². The van der Waals surface area contributed by atoms with Gasteiger partial charge in [-0.25, -0.2) is 0 Å². The average Bonchev–Trinajstić information content (AvgIpc) is 2.76. The number of halogens is 1. The Morgan fingerprint density at radius 2 is 1.85 bits per heavy atom. The van der Waals surface area contributed by atoms with Crippen LogP contribution < -0.4 is 0 Å². The summed E-state index contributed by atoms with van der Waals surface area (Å²) in [5.74, 6) is 0. The first-order valence-corrected chi connectivity index (χ1v) is 7.32. The fourth-order valence-electron chi connectivity index (χ4n) is 2.62. The van der Waals surface area contributed by atoms with Crippen LogP contribution in [0.15, 0.2) is 42.5 Å². The van der Waals surface area contributed by atoms with E-state index in [4.69, 9.17) is 23.8 Å². The first kappa shape index (κ1) is 13.4. The van der Waals surface area contributed by atoms with Crippen molar-refractivity contribution in [3.63, 3.8) is 0 Å². The summed E-state index contributed by atoms with van der Waals surface area (Å²) in [6.07, 6.45) is 0. The summed E-state index contributed by atoms with van der Waals surface area (Å²) in [6, 6.07) is 14.3. The molecule has 0 aliphatic carbocycles. The number of rotatable bonds is 2. The van der Waals surface area contributed by atoms with Crippen molar-refractivity contribution in [3.05, 3.63) is 63.4 Å². The van der Waals surface area contributed by atoms with Crippen molar-refractivity contribution < 1.29 is 0 Å². The van der Waals surface area contributed by atoms with E-state index in [-0.39, 0.29) is 6.04 Å². The van der Waals surface area contributed by atoms with Gasteiger partial charge in [0.2, 0.25) is 0 Å². The minimum Gasteiger partial charge on any atom is -0.331 e. The highest BCUT2D eigenvalue weighted by Gasteiger charge is 2.14. The lowest BCUT2D eigenvalue weighted by molar-refractivity contribution is 0.648. The van der Waals surface area contributed by atoms with Crippen LogP contribution in [0.25, 0.3) is 11.0 Å². The Bertz CT molecular complexity index is 815. The highest BCUT2D eigenvalue weighted by Crippen LogP contribution is 2.27. The molecule has 0 bridgehead atoms. The summed E-state index contributed by atoms with van der Waals surface area (Å²) in [5.41, 5.74) is 4.65. The SMILES string of the molecule is Cc1cccc2[nH]c(=S)n(C(C)c3ccc(Cl)cc3)c12. The molecule has 2 aromatic carbocycles. The summed E-state index contributed by atoms with van der Waals surface area (Å²) >= 11 is 11.5. The summed E-state index contributed by atoms with van der Waals surface area (Å²) in [4.78, 5) is 3.28. The Hall–Kier alpha value is -1.58. The lowest BCUT2D eigenvalue weighted by atomic mass is 10.1. The van der Waals surface area contributed by atoms with Gasteiger partial charge in [-0.3, -0.25) is 0 Å². The Morgan fingerprint density at radius 3 is 2.55 bits per heavy atom. The van der Waals surface area contributed by atoms with Crippen LogP contribution >= 0.6 is 23.8 Å². The second kappa shape index (κ2) is 5.08. The number of hydrogen-bond acceptors (Lipinski definition) is 1. The predicted molar refractivity (Wildman–Crippen MR) is 87.1 cm³/mol. The van der Waals surface area contributed by atoms with E-state index in [9.17, 15) is 0 Å². The average molecular weight is 303 g/mol. The third-order valence-corrected chi connectivity index (χ3v) is 4.23. The minimum atomic E-state index is 0.162. The van der Waals surface area contributed by atoms with E-state index in [0.29, 0.717) is 0 Å². The van der Waals surface area contributed by atoms with Gasteiger partial charge in [0.05, 0.1) is 17.1 Å². The number of fused-ring (bicyclic) bond motifs is 1. The van der Waals surface area contributed by atoms with E-state index >= 15 is 0 Å². The Labute approximate surface area is 128 Å². The van der Waals surface area contributed by atoms with Gasteiger partial charge in [-0.05, 0) is 55.4 Å². The second-order valence-corrected chi connectivity index (χ2v) is 5.82. The zero-order valence-corrected chi connectivity index (χ0v) is 12.9. The molecule has 0 saturated carbocycles. The van der Waals surface area contributed by atoms with Gasteiger partial charge in [-0.1, -0.05) is 35.9 Å². The first-order chi connectivity index (χ1) is 9.58. The summed E-state index contributed by atoms with van der Waals surface area (Å²) in [5, 5.41) is 0.750. The number of nitrogens with one attached hydrogen (secondary N) is 1. The monoisotopic (exact) mass is 302 g/mol. The topological polar surface area (TPSA) is 20.7 Å². The Balaban J connectivity index is 2.21. The Morgan fingerprint density at radius 1 is 1.15 bits per heavy atom. The number of benzene rings is 2. The molecule has 0 fully saturated rings. The molecule has 1 atom stereocenters. The second-order valence-electron chi connectivity index (χ2n) is 5.00. The summed E-state index contributed by atoms with van der Waals surface area (Å²) in [7, 11) is 0. The number of hydrogen-bond donors (Lipinski definition) is 1. The molecule has 1 N–H and O–H groups in total. The third kappa shape index (κ3) is 2.17. The van der Waals surface area contributed by atoms with Crippen molar-refractivity contribution in [3.8, 4) is 0 Å². The lowest BCUT2D eigenvalue weighted by Gasteiger charge is -2.16. The number of aromatic nitrogens is 2. The van der Waals surface area contributed by atoms with Crippen LogP contribution in [0.4, 0.5) is 0 Å². The summed E-state index contributed by atoms with van der Waals surface area (Å²) in [6.45, 7) is 4.26. The van der Waals surface area contributed by atoms with E-state index in [1.54, 1.807) is 0 Å². The fourth-order valence-corrected chi connectivity index (χ4v) is 3.10. The molecule has 1 heterocycles. The highest BCUT2D eigenvalue weighted by atomic mass is 35.5. The molecule has 4 heteroatoms. The standard InChI is InChI=1S/C16H15ClN2S/c1-10-4-3-5-14-15(10)19(16(20)18-14)11(2)12-6-8-13(17)9-7-12/h3-9,11H,1-2H3,(H,18,20). The van der Waals surface area contributed by atoms with E-state index in [1.165, 1.54) is 16.6 Å². The van der Waals surface area contributed by atoms with Crippen LogP contribution in [0.5, 0.6) is 0 Å². The molecular weight excluding hydrogens is 288 g/mol. The van der Waals surface area contributed by atoms with E-state index in [0.717, 1.165) is 15.3 Å². The van der Waals surface area contributed by atoms with Gasteiger partial charge in [0.15, 0.2) is 4.77 Å². The normalized spacial score (nSPS) is 12.8. The molecule has 3 aromatic rings. The number of aryl methyl sites for hydroxylation is 1. The largest absolute Gasteiger partial charge is 0.331 e. The number of aromatic amines is 1. The molecule has 20 heavy (non-hydrogen) atoms. The van der Waals surface area contributed by atoms with Crippen LogP contribution in [0.3, 0.4) is 0 Å². The van der Waals surface area contributed by atoms with Gasteiger partial charge < -0.3 is 9.55 Å². The smallest absolute Gasteiger partial charge is 0.178 e. The van der Waals surface area contributed by atoms with Crippen molar-refractivity contribution in [2.75, 3.05) is 0 Å². The third-order valence-electron chi connectivity index (χ3n) is 3.68. The van der Waals surface area contributed by atoms with Crippen molar-refractivity contribution in [2.45, 2.75) is 19.9 Å². The van der Waals surface area contributed by atoms with Crippen LogP contribution in [-0.4, -0.2) is 9.55 Å².